The predicted octanol–water partition coefficient (Wildman–Crippen LogP) is 7.44. The topological polar surface area (TPSA) is 46.2 Å². The van der Waals surface area contributed by atoms with Crippen molar-refractivity contribution in [2.75, 3.05) is 5.32 Å². The number of rotatable bonds is 7. The van der Waals surface area contributed by atoms with Crippen molar-refractivity contribution in [1.82, 2.24) is 0 Å². The standard InChI is InChI=1S/C21H12Cl3F8NO2/c22-11-5-8(1-2-12(11)25)15-16(20(15,23)24)18(35)33-9-6-10(17(27)13(26)7-9)14(34)3-4-19(28,29)21(30,31)32/h1-2,5-7,15-16H,3-4H2,(H,33,35). The Hall–Kier alpha value is -2.11. The summed E-state index contributed by atoms with van der Waals surface area (Å²) in [5.74, 6) is -13.9. The molecule has 3 nitrogen and oxygen atoms in total. The second kappa shape index (κ2) is 9.40. The number of hydrogen-bond acceptors (Lipinski definition) is 2. The second-order valence-electron chi connectivity index (χ2n) is 7.74. The van der Waals surface area contributed by atoms with E-state index in [1.807, 2.05) is 0 Å². The van der Waals surface area contributed by atoms with Crippen LogP contribution >= 0.6 is 34.8 Å². The van der Waals surface area contributed by atoms with Gasteiger partial charge in [-0.15, -0.1) is 23.2 Å². The molecule has 1 amide bonds. The average Bonchev–Trinajstić information content (AvgIpc) is 3.32. The zero-order valence-corrected chi connectivity index (χ0v) is 19.2. The molecule has 1 fully saturated rings. The van der Waals surface area contributed by atoms with E-state index < -0.39 is 81.5 Å². The van der Waals surface area contributed by atoms with Gasteiger partial charge in [0.1, 0.15) is 10.2 Å². The zero-order valence-electron chi connectivity index (χ0n) is 16.9. The van der Waals surface area contributed by atoms with Crippen LogP contribution in [0.5, 0.6) is 0 Å². The quantitative estimate of drug-likeness (QED) is 0.214. The van der Waals surface area contributed by atoms with Crippen molar-refractivity contribution in [3.05, 3.63) is 63.9 Å². The number of alkyl halides is 7. The van der Waals surface area contributed by atoms with Crippen LogP contribution in [0.15, 0.2) is 30.3 Å². The third-order valence-corrected chi connectivity index (χ3v) is 6.55. The molecule has 2 aromatic rings. The van der Waals surface area contributed by atoms with Gasteiger partial charge < -0.3 is 5.32 Å². The minimum atomic E-state index is -5.93. The molecule has 1 aliphatic rings. The van der Waals surface area contributed by atoms with Crippen LogP contribution in [0, 0.1) is 23.4 Å². The molecule has 0 spiro atoms. The molecule has 0 aromatic heterocycles. The number of Topliss-reactive ketones (excluding diaryl/α,β-unsaturated/α-hetero) is 1. The summed E-state index contributed by atoms with van der Waals surface area (Å²) in [6.45, 7) is 0. The number of carbonyl (C=O) groups excluding carboxylic acids is 2. The third-order valence-electron chi connectivity index (χ3n) is 5.32. The summed E-state index contributed by atoms with van der Waals surface area (Å²) in [7, 11) is 0. The van der Waals surface area contributed by atoms with E-state index in [1.165, 1.54) is 12.1 Å². The van der Waals surface area contributed by atoms with Gasteiger partial charge in [0.15, 0.2) is 17.4 Å². The van der Waals surface area contributed by atoms with Crippen LogP contribution in [0.25, 0.3) is 0 Å². The fourth-order valence-corrected chi connectivity index (χ4v) is 4.42. The van der Waals surface area contributed by atoms with Crippen LogP contribution < -0.4 is 5.32 Å². The summed E-state index contributed by atoms with van der Waals surface area (Å²) in [4.78, 5) is 24.7. The first kappa shape index (κ1) is 27.5. The number of ketones is 1. The maximum atomic E-state index is 14.1. The van der Waals surface area contributed by atoms with Gasteiger partial charge in [0.2, 0.25) is 5.91 Å². The lowest BCUT2D eigenvalue weighted by atomic mass is 10.0. The van der Waals surface area contributed by atoms with E-state index in [-0.39, 0.29) is 5.02 Å². The first-order valence-corrected chi connectivity index (χ1v) is 10.7. The molecule has 0 bridgehead atoms. The van der Waals surface area contributed by atoms with Gasteiger partial charge in [-0.1, -0.05) is 17.7 Å². The molecule has 1 aliphatic carbocycles. The lowest BCUT2D eigenvalue weighted by molar-refractivity contribution is -0.283. The highest BCUT2D eigenvalue weighted by Crippen LogP contribution is 2.65. The monoisotopic (exact) mass is 567 g/mol. The van der Waals surface area contributed by atoms with Gasteiger partial charge >= 0.3 is 12.1 Å². The van der Waals surface area contributed by atoms with Crippen LogP contribution in [-0.2, 0) is 4.79 Å². The van der Waals surface area contributed by atoms with E-state index in [0.717, 1.165) is 6.07 Å². The molecule has 0 radical (unpaired) electrons. The normalized spacial score (nSPS) is 19.4. The lowest BCUT2D eigenvalue weighted by Gasteiger charge is -2.19. The van der Waals surface area contributed by atoms with Crippen LogP contribution in [0.3, 0.4) is 0 Å². The molecule has 0 aliphatic heterocycles. The molecular weight excluding hydrogens is 557 g/mol. The summed E-state index contributed by atoms with van der Waals surface area (Å²) < 4.78 is 103. The fraction of sp³-hybridized carbons (Fsp3) is 0.333. The Morgan fingerprint density at radius 2 is 1.60 bits per heavy atom. The molecule has 2 unspecified atom stereocenters. The molecule has 14 heteroatoms. The summed E-state index contributed by atoms with van der Waals surface area (Å²) in [5, 5.41) is 1.88. The molecule has 35 heavy (non-hydrogen) atoms. The van der Waals surface area contributed by atoms with Gasteiger partial charge in [0, 0.05) is 30.5 Å². The number of anilines is 1. The molecule has 1 N–H and O–H groups in total. The van der Waals surface area contributed by atoms with Crippen molar-refractivity contribution < 1.29 is 44.7 Å². The Bertz CT molecular complexity index is 1190. The van der Waals surface area contributed by atoms with E-state index in [1.54, 1.807) is 0 Å². The van der Waals surface area contributed by atoms with Gasteiger partial charge in [0.25, 0.3) is 0 Å². The maximum Gasteiger partial charge on any atom is 0.453 e. The zero-order chi connectivity index (χ0) is 26.5. The Morgan fingerprint density at radius 1 is 0.971 bits per heavy atom. The van der Waals surface area contributed by atoms with Crippen molar-refractivity contribution in [2.24, 2.45) is 5.92 Å². The number of hydrogen-bond donors (Lipinski definition) is 1. The van der Waals surface area contributed by atoms with E-state index >= 15 is 0 Å². The van der Waals surface area contributed by atoms with Crippen molar-refractivity contribution in [3.63, 3.8) is 0 Å². The first-order valence-electron chi connectivity index (χ1n) is 9.57. The highest BCUT2D eigenvalue weighted by molar-refractivity contribution is 6.53. The van der Waals surface area contributed by atoms with Gasteiger partial charge in [-0.25, -0.2) is 13.2 Å². The third kappa shape index (κ3) is 5.51. The van der Waals surface area contributed by atoms with E-state index in [0.29, 0.717) is 17.7 Å². The Morgan fingerprint density at radius 3 is 2.17 bits per heavy atom. The SMILES string of the molecule is O=C(CCC(F)(F)C(F)(F)F)c1cc(NC(=O)C2C(c3ccc(F)c(Cl)c3)C2(Cl)Cl)cc(F)c1F. The molecule has 2 aromatic carbocycles. The van der Waals surface area contributed by atoms with Crippen molar-refractivity contribution in [2.45, 2.75) is 35.2 Å². The number of carbonyl (C=O) groups is 2. The van der Waals surface area contributed by atoms with Crippen LogP contribution in [0.2, 0.25) is 5.02 Å². The smallest absolute Gasteiger partial charge is 0.326 e. The Kier molecular flexibility index (Phi) is 7.38. The highest BCUT2D eigenvalue weighted by Gasteiger charge is 2.67. The van der Waals surface area contributed by atoms with Crippen LogP contribution in [0.1, 0.15) is 34.7 Å². The van der Waals surface area contributed by atoms with E-state index in [9.17, 15) is 44.7 Å². The molecule has 1 saturated carbocycles. The summed E-state index contributed by atoms with van der Waals surface area (Å²) >= 11 is 18.0. The second-order valence-corrected chi connectivity index (χ2v) is 9.59. The number of amides is 1. The number of halogens is 11. The van der Waals surface area contributed by atoms with Crippen LogP contribution in [0.4, 0.5) is 40.8 Å². The van der Waals surface area contributed by atoms with Gasteiger partial charge in [0.05, 0.1) is 16.5 Å². The Labute approximate surface area is 207 Å². The lowest BCUT2D eigenvalue weighted by Crippen LogP contribution is -2.36. The molecule has 3 rings (SSSR count). The average molecular weight is 569 g/mol. The molecular formula is C21H12Cl3F8NO2. The Balaban J connectivity index is 1.78. The summed E-state index contributed by atoms with van der Waals surface area (Å²) in [6.07, 6.45) is -9.38. The number of benzene rings is 2. The van der Waals surface area contributed by atoms with Crippen molar-refractivity contribution in [1.29, 1.82) is 0 Å². The number of nitrogens with one attached hydrogen (secondary N) is 1. The largest absolute Gasteiger partial charge is 0.453 e. The molecule has 2 atom stereocenters. The molecule has 0 saturated heterocycles. The minimum Gasteiger partial charge on any atom is -0.326 e. The summed E-state index contributed by atoms with van der Waals surface area (Å²) in [6, 6.07) is 4.54. The summed E-state index contributed by atoms with van der Waals surface area (Å²) in [5.41, 5.74) is -1.35. The maximum absolute atomic E-state index is 14.1. The predicted molar refractivity (Wildman–Crippen MR) is 112 cm³/mol. The van der Waals surface area contributed by atoms with Crippen molar-refractivity contribution in [3.8, 4) is 0 Å². The van der Waals surface area contributed by atoms with Crippen LogP contribution in [-0.4, -0.2) is 28.1 Å². The van der Waals surface area contributed by atoms with E-state index in [4.69, 9.17) is 34.8 Å². The van der Waals surface area contributed by atoms with Gasteiger partial charge in [-0.2, -0.15) is 22.0 Å². The van der Waals surface area contributed by atoms with Crippen molar-refractivity contribution >= 4 is 52.2 Å². The fourth-order valence-electron chi connectivity index (χ4n) is 3.40. The van der Waals surface area contributed by atoms with Gasteiger partial charge in [-0.3, -0.25) is 9.59 Å². The molecule has 0 heterocycles. The minimum absolute atomic E-state index is 0.266. The van der Waals surface area contributed by atoms with Gasteiger partial charge in [-0.05, 0) is 23.8 Å². The van der Waals surface area contributed by atoms with E-state index in [2.05, 4.69) is 5.32 Å². The first-order chi connectivity index (χ1) is 16.0. The highest BCUT2D eigenvalue weighted by atomic mass is 35.5. The molecule has 190 valence electrons.